The van der Waals surface area contributed by atoms with Crippen molar-refractivity contribution in [2.75, 3.05) is 26.3 Å². The first-order valence-corrected chi connectivity index (χ1v) is 9.12. The number of likely N-dealkylation sites (tertiary alicyclic amines) is 1. The SMILES string of the molecule is CC[C@H](N)C(=O)N1CCC(Cc2nc(C3CCOCC3)no2)CC1. The fraction of sp³-hybridized carbons (Fsp3) is 0.824. The molecule has 0 unspecified atom stereocenters. The summed E-state index contributed by atoms with van der Waals surface area (Å²) >= 11 is 0. The van der Waals surface area contributed by atoms with Crippen molar-refractivity contribution in [1.82, 2.24) is 15.0 Å². The zero-order chi connectivity index (χ0) is 16.9. The second-order valence-corrected chi connectivity index (χ2v) is 6.92. The Kier molecular flexibility index (Phi) is 5.84. The molecule has 0 radical (unpaired) electrons. The molecular formula is C17H28N4O3. The fourth-order valence-electron chi connectivity index (χ4n) is 3.49. The molecule has 2 aliphatic heterocycles. The highest BCUT2D eigenvalue weighted by Crippen LogP contribution is 2.26. The zero-order valence-corrected chi connectivity index (χ0v) is 14.4. The van der Waals surface area contributed by atoms with Gasteiger partial charge in [0.05, 0.1) is 6.04 Å². The molecule has 1 aromatic rings. The van der Waals surface area contributed by atoms with Crippen LogP contribution in [0.3, 0.4) is 0 Å². The van der Waals surface area contributed by atoms with E-state index in [1.807, 2.05) is 11.8 Å². The standard InChI is InChI=1S/C17H28N4O3/c1-2-14(18)17(22)21-7-3-12(4-8-21)11-15-19-16(20-24-15)13-5-9-23-10-6-13/h12-14H,2-11,18H2,1H3/t14-/m0/s1. The van der Waals surface area contributed by atoms with E-state index in [4.69, 9.17) is 15.0 Å². The van der Waals surface area contributed by atoms with Gasteiger partial charge in [-0.05, 0) is 38.0 Å². The summed E-state index contributed by atoms with van der Waals surface area (Å²) in [6.45, 7) is 5.05. The van der Waals surface area contributed by atoms with Gasteiger partial charge < -0.3 is 19.9 Å². The van der Waals surface area contributed by atoms with Crippen LogP contribution in [-0.4, -0.2) is 53.3 Å². The lowest BCUT2D eigenvalue weighted by Crippen LogP contribution is -2.47. The Bertz CT molecular complexity index is 534. The molecule has 7 nitrogen and oxygen atoms in total. The summed E-state index contributed by atoms with van der Waals surface area (Å²) in [5.41, 5.74) is 5.85. The minimum atomic E-state index is -0.362. The summed E-state index contributed by atoms with van der Waals surface area (Å²) in [4.78, 5) is 18.6. The van der Waals surface area contributed by atoms with Gasteiger partial charge in [0.15, 0.2) is 5.82 Å². The Labute approximate surface area is 142 Å². The molecule has 0 saturated carbocycles. The third kappa shape index (κ3) is 4.13. The summed E-state index contributed by atoms with van der Waals surface area (Å²) in [6, 6.07) is -0.362. The molecule has 0 spiro atoms. The zero-order valence-electron chi connectivity index (χ0n) is 14.4. The van der Waals surface area contributed by atoms with Gasteiger partial charge in [-0.1, -0.05) is 12.1 Å². The van der Waals surface area contributed by atoms with E-state index in [2.05, 4.69) is 10.1 Å². The third-order valence-corrected chi connectivity index (χ3v) is 5.22. The van der Waals surface area contributed by atoms with Crippen LogP contribution >= 0.6 is 0 Å². The number of aromatic nitrogens is 2. The minimum absolute atomic E-state index is 0.0792. The Balaban J connectivity index is 1.48. The molecule has 2 fully saturated rings. The molecule has 134 valence electrons. The molecule has 3 heterocycles. The van der Waals surface area contributed by atoms with E-state index in [1.54, 1.807) is 0 Å². The Hall–Kier alpha value is -1.47. The number of nitrogens with two attached hydrogens (primary N) is 1. The summed E-state index contributed by atoms with van der Waals surface area (Å²) in [5, 5.41) is 4.16. The van der Waals surface area contributed by atoms with E-state index in [1.165, 1.54) is 0 Å². The van der Waals surface area contributed by atoms with Crippen LogP contribution in [0.5, 0.6) is 0 Å². The van der Waals surface area contributed by atoms with Gasteiger partial charge >= 0.3 is 0 Å². The van der Waals surface area contributed by atoms with E-state index in [0.717, 1.165) is 70.1 Å². The first-order chi connectivity index (χ1) is 11.7. The van der Waals surface area contributed by atoms with Crippen molar-refractivity contribution in [3.8, 4) is 0 Å². The molecule has 7 heteroatoms. The molecule has 1 aromatic heterocycles. The van der Waals surface area contributed by atoms with Crippen molar-refractivity contribution >= 4 is 5.91 Å². The van der Waals surface area contributed by atoms with Crippen LogP contribution < -0.4 is 5.73 Å². The molecule has 1 atom stereocenters. The molecule has 2 aliphatic rings. The maximum Gasteiger partial charge on any atom is 0.239 e. The number of amides is 1. The number of hydrogen-bond acceptors (Lipinski definition) is 6. The molecule has 2 saturated heterocycles. The molecular weight excluding hydrogens is 308 g/mol. The Morgan fingerprint density at radius 3 is 2.67 bits per heavy atom. The normalized spacial score (nSPS) is 21.8. The van der Waals surface area contributed by atoms with Crippen LogP contribution in [0.15, 0.2) is 4.52 Å². The molecule has 0 bridgehead atoms. The third-order valence-electron chi connectivity index (χ3n) is 5.22. The smallest absolute Gasteiger partial charge is 0.239 e. The Morgan fingerprint density at radius 2 is 2.00 bits per heavy atom. The van der Waals surface area contributed by atoms with E-state index >= 15 is 0 Å². The number of carbonyl (C=O) groups excluding carboxylic acids is 1. The molecule has 2 N–H and O–H groups in total. The van der Waals surface area contributed by atoms with Crippen molar-refractivity contribution in [2.45, 2.75) is 57.4 Å². The van der Waals surface area contributed by atoms with E-state index in [0.29, 0.717) is 18.3 Å². The second kappa shape index (κ2) is 8.07. The predicted molar refractivity (Wildman–Crippen MR) is 88.4 cm³/mol. The quantitative estimate of drug-likeness (QED) is 0.875. The lowest BCUT2D eigenvalue weighted by molar-refractivity contribution is -0.134. The van der Waals surface area contributed by atoms with Gasteiger partial charge in [-0.15, -0.1) is 0 Å². The monoisotopic (exact) mass is 336 g/mol. The van der Waals surface area contributed by atoms with Crippen LogP contribution in [0.4, 0.5) is 0 Å². The summed E-state index contributed by atoms with van der Waals surface area (Å²) < 4.78 is 10.8. The maximum atomic E-state index is 12.1. The lowest BCUT2D eigenvalue weighted by atomic mass is 9.93. The highest BCUT2D eigenvalue weighted by atomic mass is 16.5. The fourth-order valence-corrected chi connectivity index (χ4v) is 3.49. The van der Waals surface area contributed by atoms with Crippen LogP contribution in [0.2, 0.25) is 0 Å². The van der Waals surface area contributed by atoms with Crippen LogP contribution in [-0.2, 0) is 16.0 Å². The second-order valence-electron chi connectivity index (χ2n) is 6.92. The van der Waals surface area contributed by atoms with E-state index in [9.17, 15) is 4.79 Å². The average molecular weight is 336 g/mol. The number of piperidine rings is 1. The molecule has 0 aliphatic carbocycles. The number of hydrogen-bond donors (Lipinski definition) is 1. The Morgan fingerprint density at radius 1 is 1.29 bits per heavy atom. The van der Waals surface area contributed by atoms with Crippen LogP contribution in [0.1, 0.15) is 56.7 Å². The molecule has 3 rings (SSSR count). The number of nitrogens with zero attached hydrogens (tertiary/aromatic N) is 3. The van der Waals surface area contributed by atoms with Gasteiger partial charge in [0.2, 0.25) is 11.8 Å². The van der Waals surface area contributed by atoms with Gasteiger partial charge in [0.25, 0.3) is 0 Å². The highest BCUT2D eigenvalue weighted by molar-refractivity contribution is 5.81. The molecule has 1 amide bonds. The van der Waals surface area contributed by atoms with Crippen LogP contribution in [0.25, 0.3) is 0 Å². The number of rotatable bonds is 5. The predicted octanol–water partition coefficient (Wildman–Crippen LogP) is 1.48. The summed E-state index contributed by atoms with van der Waals surface area (Å²) in [7, 11) is 0. The van der Waals surface area contributed by atoms with Crippen molar-refractivity contribution in [1.29, 1.82) is 0 Å². The molecule has 24 heavy (non-hydrogen) atoms. The van der Waals surface area contributed by atoms with Gasteiger partial charge in [0, 0.05) is 38.6 Å². The lowest BCUT2D eigenvalue weighted by Gasteiger charge is -2.32. The van der Waals surface area contributed by atoms with Gasteiger partial charge in [-0.2, -0.15) is 4.98 Å². The number of carbonyl (C=O) groups is 1. The van der Waals surface area contributed by atoms with Crippen molar-refractivity contribution in [3.63, 3.8) is 0 Å². The van der Waals surface area contributed by atoms with Gasteiger partial charge in [-0.3, -0.25) is 4.79 Å². The largest absolute Gasteiger partial charge is 0.381 e. The van der Waals surface area contributed by atoms with Gasteiger partial charge in [0.1, 0.15) is 0 Å². The van der Waals surface area contributed by atoms with Crippen molar-refractivity contribution in [2.24, 2.45) is 11.7 Å². The van der Waals surface area contributed by atoms with E-state index < -0.39 is 0 Å². The maximum absolute atomic E-state index is 12.1. The summed E-state index contributed by atoms with van der Waals surface area (Å²) in [5.74, 6) is 2.50. The minimum Gasteiger partial charge on any atom is -0.381 e. The van der Waals surface area contributed by atoms with Crippen molar-refractivity contribution < 1.29 is 14.1 Å². The highest BCUT2D eigenvalue weighted by Gasteiger charge is 2.27. The number of ether oxygens (including phenoxy) is 1. The topological polar surface area (TPSA) is 94.5 Å². The first kappa shape index (κ1) is 17.4. The summed E-state index contributed by atoms with van der Waals surface area (Å²) in [6.07, 6.45) is 5.37. The van der Waals surface area contributed by atoms with Crippen molar-refractivity contribution in [3.05, 3.63) is 11.7 Å². The molecule has 0 aromatic carbocycles. The van der Waals surface area contributed by atoms with E-state index in [-0.39, 0.29) is 11.9 Å². The van der Waals surface area contributed by atoms with Gasteiger partial charge in [-0.25, -0.2) is 0 Å². The average Bonchev–Trinajstić information content (AvgIpc) is 3.10. The first-order valence-electron chi connectivity index (χ1n) is 9.12. The van der Waals surface area contributed by atoms with Crippen LogP contribution in [0, 0.1) is 5.92 Å².